The van der Waals surface area contributed by atoms with E-state index in [0.717, 1.165) is 0 Å². The van der Waals surface area contributed by atoms with Crippen molar-refractivity contribution in [3.05, 3.63) is 46.4 Å². The Bertz CT molecular complexity index is 1320. The molecule has 194 valence electrons. The van der Waals surface area contributed by atoms with Gasteiger partial charge in [0.2, 0.25) is 23.2 Å². The van der Waals surface area contributed by atoms with Crippen LogP contribution in [0.1, 0.15) is 51.3 Å². The number of anilines is 1. The van der Waals surface area contributed by atoms with E-state index >= 15 is 0 Å². The second kappa shape index (κ2) is 11.9. The lowest BCUT2D eigenvalue weighted by Crippen LogP contribution is -2.38. The number of benzene rings is 2. The van der Waals surface area contributed by atoms with Gasteiger partial charge in [-0.2, -0.15) is 4.98 Å². The van der Waals surface area contributed by atoms with E-state index in [0.29, 0.717) is 50.7 Å². The summed E-state index contributed by atoms with van der Waals surface area (Å²) in [6.07, 6.45) is 2.57. The fourth-order valence-electron chi connectivity index (χ4n) is 3.97. The second-order valence-corrected chi connectivity index (χ2v) is 9.83. The Morgan fingerprint density at radius 1 is 1.14 bits per heavy atom. The van der Waals surface area contributed by atoms with Crippen LogP contribution in [0.3, 0.4) is 0 Å². The number of nitrogens with zero attached hydrogens (tertiary/aromatic N) is 4. The number of rotatable bonds is 8. The minimum atomic E-state index is -1.04. The predicted octanol–water partition coefficient (Wildman–Crippen LogP) is 5.96. The normalized spacial score (nSPS) is 14.2. The standard InChI is InChI=1S/C26H27BrN4O5S/c1-5-9-20(32)31-19-12-8-7-11-16(19)22-24(28-26(37-4)30-29-22)36-25(31)17-13-15(34-3)14-18(27)23(17)35-21(33)10-6-2/h7-8,11-14,25H,5-6,9-10H2,1-4H3. The van der Waals surface area contributed by atoms with Crippen LogP contribution in [0, 0.1) is 0 Å². The van der Waals surface area contributed by atoms with E-state index in [1.54, 1.807) is 17.0 Å². The molecule has 0 fully saturated rings. The smallest absolute Gasteiger partial charge is 0.311 e. The summed E-state index contributed by atoms with van der Waals surface area (Å²) in [6.45, 7) is 3.83. The van der Waals surface area contributed by atoms with Crippen LogP contribution >= 0.6 is 27.7 Å². The highest BCUT2D eigenvalue weighted by molar-refractivity contribution is 9.10. The summed E-state index contributed by atoms with van der Waals surface area (Å²) in [4.78, 5) is 32.4. The molecule has 0 spiro atoms. The number of aromatic nitrogens is 3. The Balaban J connectivity index is 2.00. The predicted molar refractivity (Wildman–Crippen MR) is 144 cm³/mol. The van der Waals surface area contributed by atoms with Crippen LogP contribution in [0.15, 0.2) is 46.0 Å². The van der Waals surface area contributed by atoms with Crippen LogP contribution in [0.2, 0.25) is 0 Å². The minimum absolute atomic E-state index is 0.171. The van der Waals surface area contributed by atoms with Crippen molar-refractivity contribution in [2.75, 3.05) is 18.3 Å². The zero-order valence-electron chi connectivity index (χ0n) is 21.0. The molecule has 1 aromatic heterocycles. The second-order valence-electron chi connectivity index (χ2n) is 8.21. The maximum absolute atomic E-state index is 13.7. The van der Waals surface area contributed by atoms with Crippen LogP contribution in [0.25, 0.3) is 11.3 Å². The first-order chi connectivity index (χ1) is 17.9. The maximum atomic E-state index is 13.7. The van der Waals surface area contributed by atoms with Crippen LogP contribution in [-0.2, 0) is 9.59 Å². The molecule has 0 N–H and O–H groups in total. The molecule has 0 radical (unpaired) electrons. The molecule has 1 amide bonds. The molecule has 1 aliphatic heterocycles. The zero-order valence-corrected chi connectivity index (χ0v) is 23.4. The molecule has 2 heterocycles. The average Bonchev–Trinajstić information content (AvgIpc) is 3.04. The number of fused-ring (bicyclic) bond motifs is 3. The number of para-hydroxylation sites is 1. The van der Waals surface area contributed by atoms with Crippen molar-refractivity contribution in [2.45, 2.75) is 50.9 Å². The minimum Gasteiger partial charge on any atom is -0.497 e. The molecule has 4 rings (SSSR count). The summed E-state index contributed by atoms with van der Waals surface area (Å²) < 4.78 is 18.3. The van der Waals surface area contributed by atoms with Crippen molar-refractivity contribution < 1.29 is 23.8 Å². The topological polar surface area (TPSA) is 104 Å². The van der Waals surface area contributed by atoms with Gasteiger partial charge in [-0.3, -0.25) is 14.5 Å². The molecule has 37 heavy (non-hydrogen) atoms. The Morgan fingerprint density at radius 3 is 2.59 bits per heavy atom. The molecule has 0 bridgehead atoms. The summed E-state index contributed by atoms with van der Waals surface area (Å²) in [5.74, 6) is 0.381. The van der Waals surface area contributed by atoms with Crippen molar-refractivity contribution in [3.8, 4) is 28.6 Å². The lowest BCUT2D eigenvalue weighted by atomic mass is 10.1. The molecule has 9 nitrogen and oxygen atoms in total. The van der Waals surface area contributed by atoms with Crippen molar-refractivity contribution in [1.82, 2.24) is 15.2 Å². The van der Waals surface area contributed by atoms with E-state index in [1.165, 1.54) is 18.9 Å². The summed E-state index contributed by atoms with van der Waals surface area (Å²) in [5, 5.41) is 9.01. The fraction of sp³-hybridized carbons (Fsp3) is 0.346. The van der Waals surface area contributed by atoms with Gasteiger partial charge in [-0.25, -0.2) is 0 Å². The highest BCUT2D eigenvalue weighted by atomic mass is 79.9. The van der Waals surface area contributed by atoms with E-state index in [9.17, 15) is 9.59 Å². The van der Waals surface area contributed by atoms with E-state index in [-0.39, 0.29) is 30.4 Å². The zero-order chi connectivity index (χ0) is 26.5. The Kier molecular flexibility index (Phi) is 8.65. The van der Waals surface area contributed by atoms with E-state index in [4.69, 9.17) is 14.2 Å². The fourth-order valence-corrected chi connectivity index (χ4v) is 4.81. The van der Waals surface area contributed by atoms with Crippen LogP contribution in [-0.4, -0.2) is 40.4 Å². The Labute approximate surface area is 228 Å². The van der Waals surface area contributed by atoms with E-state index < -0.39 is 12.2 Å². The number of carbonyl (C=O) groups excluding carboxylic acids is 2. The summed E-state index contributed by atoms with van der Waals surface area (Å²) in [6, 6.07) is 10.8. The Hall–Kier alpha value is -3.18. The van der Waals surface area contributed by atoms with Gasteiger partial charge in [-0.05, 0) is 53.2 Å². The van der Waals surface area contributed by atoms with Crippen molar-refractivity contribution in [1.29, 1.82) is 0 Å². The summed E-state index contributed by atoms with van der Waals surface area (Å²) in [5.41, 5.74) is 2.08. The van der Waals surface area contributed by atoms with Crippen LogP contribution in [0.5, 0.6) is 17.4 Å². The number of methoxy groups -OCH3 is 1. The van der Waals surface area contributed by atoms with Gasteiger partial charge in [0.25, 0.3) is 0 Å². The first-order valence-electron chi connectivity index (χ1n) is 11.9. The number of esters is 1. The van der Waals surface area contributed by atoms with Gasteiger partial charge < -0.3 is 14.2 Å². The highest BCUT2D eigenvalue weighted by Crippen LogP contribution is 2.47. The molecule has 0 saturated carbocycles. The monoisotopic (exact) mass is 586 g/mol. The van der Waals surface area contributed by atoms with Gasteiger partial charge in [-0.15, -0.1) is 10.2 Å². The van der Waals surface area contributed by atoms with Crippen molar-refractivity contribution in [3.63, 3.8) is 0 Å². The number of hydrogen-bond donors (Lipinski definition) is 0. The van der Waals surface area contributed by atoms with Gasteiger partial charge in [-0.1, -0.05) is 43.8 Å². The van der Waals surface area contributed by atoms with Crippen LogP contribution in [0.4, 0.5) is 5.69 Å². The molecule has 3 aromatic rings. The van der Waals surface area contributed by atoms with Crippen molar-refractivity contribution >= 4 is 45.3 Å². The first kappa shape index (κ1) is 26.9. The molecule has 0 aliphatic carbocycles. The Morgan fingerprint density at radius 2 is 1.89 bits per heavy atom. The first-order valence-corrected chi connectivity index (χ1v) is 13.9. The molecular formula is C26H27BrN4O5S. The van der Waals surface area contributed by atoms with Gasteiger partial charge in [0.15, 0.2) is 11.4 Å². The van der Waals surface area contributed by atoms with Gasteiger partial charge in [0.1, 0.15) is 5.75 Å². The molecule has 2 aromatic carbocycles. The molecule has 1 aliphatic rings. The van der Waals surface area contributed by atoms with Gasteiger partial charge in [0, 0.05) is 18.4 Å². The number of halogens is 1. The van der Waals surface area contributed by atoms with Gasteiger partial charge in [0.05, 0.1) is 22.8 Å². The maximum Gasteiger partial charge on any atom is 0.311 e. The SMILES string of the molecule is CCCC(=O)Oc1c(Br)cc(OC)cc1C1Oc2nc(SC)nnc2-c2ccccc2N1C(=O)CCC. The molecule has 11 heteroatoms. The third kappa shape index (κ3) is 5.57. The quantitative estimate of drug-likeness (QED) is 0.179. The average molecular weight is 587 g/mol. The third-order valence-corrected chi connectivity index (χ3v) is 6.77. The number of amides is 1. The summed E-state index contributed by atoms with van der Waals surface area (Å²) >= 11 is 4.85. The molecular weight excluding hydrogens is 560 g/mol. The molecule has 1 unspecified atom stereocenters. The van der Waals surface area contributed by atoms with Crippen molar-refractivity contribution in [2.24, 2.45) is 0 Å². The largest absolute Gasteiger partial charge is 0.497 e. The number of carbonyl (C=O) groups is 2. The summed E-state index contributed by atoms with van der Waals surface area (Å²) in [7, 11) is 1.54. The van der Waals surface area contributed by atoms with Crippen LogP contribution < -0.4 is 19.1 Å². The van der Waals surface area contributed by atoms with Gasteiger partial charge >= 0.3 is 5.97 Å². The molecule has 0 saturated heterocycles. The van der Waals surface area contributed by atoms with E-state index in [1.807, 2.05) is 44.4 Å². The third-order valence-electron chi connectivity index (χ3n) is 5.64. The number of thioether (sulfide) groups is 1. The number of ether oxygens (including phenoxy) is 3. The van der Waals surface area contributed by atoms with E-state index in [2.05, 4.69) is 31.1 Å². The lowest BCUT2D eigenvalue weighted by molar-refractivity contribution is -0.134. The molecule has 1 atom stereocenters. The highest BCUT2D eigenvalue weighted by Gasteiger charge is 2.38. The number of hydrogen-bond acceptors (Lipinski definition) is 9. The lowest BCUT2D eigenvalue weighted by Gasteiger charge is -2.32.